The second kappa shape index (κ2) is 6.12. The molecule has 5 heteroatoms. The molecule has 0 unspecified atom stereocenters. The zero-order chi connectivity index (χ0) is 11.3. The minimum atomic E-state index is -0.272. The van der Waals surface area contributed by atoms with Gasteiger partial charge in [0.2, 0.25) is 0 Å². The predicted octanol–water partition coefficient (Wildman–Crippen LogP) is 2.90. The van der Waals surface area contributed by atoms with E-state index in [0.717, 1.165) is 10.0 Å². The summed E-state index contributed by atoms with van der Waals surface area (Å²) >= 11 is 6.56. The van der Waals surface area contributed by atoms with E-state index in [1.54, 1.807) is 0 Å². The first kappa shape index (κ1) is 12.5. The number of esters is 1. The summed E-state index contributed by atoms with van der Waals surface area (Å²) in [6.45, 7) is 0. The molecule has 0 aliphatic heterocycles. The smallest absolute Gasteiger partial charge is 0.310 e. The summed E-state index contributed by atoms with van der Waals surface area (Å²) in [6.07, 6.45) is 0.233. The van der Waals surface area contributed by atoms with Crippen molar-refractivity contribution in [3.8, 4) is 5.75 Å². The van der Waals surface area contributed by atoms with Gasteiger partial charge in [0.25, 0.3) is 0 Å². The lowest BCUT2D eigenvalue weighted by Gasteiger charge is -2.08. The van der Waals surface area contributed by atoms with E-state index >= 15 is 0 Å². The molecule has 0 aliphatic rings. The van der Waals surface area contributed by atoms with Gasteiger partial charge in [-0.3, -0.25) is 4.79 Å². The average Bonchev–Trinajstić information content (AvgIpc) is 2.24. The fourth-order valence-corrected chi connectivity index (χ4v) is 1.86. The standard InChI is InChI=1S/C10H10Br2O3/c1-14-9(13)5-7-3-2-4-8(10(7)12)15-6-11/h2-4H,5-6H2,1H3. The van der Waals surface area contributed by atoms with E-state index in [1.165, 1.54) is 7.11 Å². The van der Waals surface area contributed by atoms with Crippen LogP contribution >= 0.6 is 31.9 Å². The van der Waals surface area contributed by atoms with E-state index in [-0.39, 0.29) is 12.4 Å². The first-order valence-electron chi connectivity index (χ1n) is 4.22. The van der Waals surface area contributed by atoms with Gasteiger partial charge < -0.3 is 9.47 Å². The van der Waals surface area contributed by atoms with E-state index in [1.807, 2.05) is 18.2 Å². The van der Waals surface area contributed by atoms with Crippen molar-refractivity contribution in [3.05, 3.63) is 28.2 Å². The molecule has 0 aromatic heterocycles. The predicted molar refractivity (Wildman–Crippen MR) is 64.3 cm³/mol. The minimum absolute atomic E-state index is 0.233. The summed E-state index contributed by atoms with van der Waals surface area (Å²) in [6, 6.07) is 5.51. The van der Waals surface area contributed by atoms with Crippen LogP contribution in [0.5, 0.6) is 5.75 Å². The maximum atomic E-state index is 11.1. The van der Waals surface area contributed by atoms with Crippen molar-refractivity contribution in [2.45, 2.75) is 6.42 Å². The highest BCUT2D eigenvalue weighted by molar-refractivity contribution is 9.10. The molecule has 0 heterocycles. The Kier molecular flexibility index (Phi) is 5.11. The number of halogens is 2. The van der Waals surface area contributed by atoms with Gasteiger partial charge in [0.1, 0.15) is 11.3 Å². The maximum Gasteiger partial charge on any atom is 0.310 e. The number of hydrogen-bond donors (Lipinski definition) is 0. The molecule has 0 radical (unpaired) electrons. The Labute approximate surface area is 105 Å². The Morgan fingerprint density at radius 2 is 2.20 bits per heavy atom. The Balaban J connectivity index is 2.88. The number of hydrogen-bond acceptors (Lipinski definition) is 3. The molecule has 1 aromatic rings. The van der Waals surface area contributed by atoms with Gasteiger partial charge in [0.15, 0.2) is 0 Å². The zero-order valence-electron chi connectivity index (χ0n) is 8.13. The lowest BCUT2D eigenvalue weighted by Crippen LogP contribution is -2.05. The highest BCUT2D eigenvalue weighted by Crippen LogP contribution is 2.29. The van der Waals surface area contributed by atoms with Gasteiger partial charge in [-0.2, -0.15) is 0 Å². The Morgan fingerprint density at radius 3 is 2.80 bits per heavy atom. The molecule has 0 aliphatic carbocycles. The molecule has 0 N–H and O–H groups in total. The van der Waals surface area contributed by atoms with E-state index in [0.29, 0.717) is 11.3 Å². The Morgan fingerprint density at radius 1 is 1.47 bits per heavy atom. The van der Waals surface area contributed by atoms with Gasteiger partial charge in [0, 0.05) is 0 Å². The molecule has 0 amide bonds. The molecular weight excluding hydrogens is 328 g/mol. The first-order valence-corrected chi connectivity index (χ1v) is 6.13. The Hall–Kier alpha value is -0.550. The van der Waals surface area contributed by atoms with E-state index in [2.05, 4.69) is 36.6 Å². The summed E-state index contributed by atoms with van der Waals surface area (Å²) in [5.74, 6) is 0.431. The lowest BCUT2D eigenvalue weighted by molar-refractivity contribution is -0.139. The van der Waals surface area contributed by atoms with Crippen LogP contribution in [0, 0.1) is 0 Å². The zero-order valence-corrected chi connectivity index (χ0v) is 11.3. The quantitative estimate of drug-likeness (QED) is 0.626. The molecular formula is C10H10Br2O3. The van der Waals surface area contributed by atoms with Crippen molar-refractivity contribution in [1.82, 2.24) is 0 Å². The van der Waals surface area contributed by atoms with Crippen molar-refractivity contribution in [3.63, 3.8) is 0 Å². The van der Waals surface area contributed by atoms with Crippen molar-refractivity contribution in [2.24, 2.45) is 0 Å². The van der Waals surface area contributed by atoms with Crippen molar-refractivity contribution in [1.29, 1.82) is 0 Å². The number of methoxy groups -OCH3 is 1. The normalized spacial score (nSPS) is 9.80. The minimum Gasteiger partial charge on any atom is -0.481 e. The monoisotopic (exact) mass is 336 g/mol. The van der Waals surface area contributed by atoms with Gasteiger partial charge in [-0.25, -0.2) is 0 Å². The van der Waals surface area contributed by atoms with Crippen LogP contribution in [0.4, 0.5) is 0 Å². The van der Waals surface area contributed by atoms with Crippen LogP contribution in [0.1, 0.15) is 5.56 Å². The molecule has 0 saturated heterocycles. The SMILES string of the molecule is COC(=O)Cc1cccc(OCBr)c1Br. The van der Waals surface area contributed by atoms with Crippen molar-refractivity contribution in [2.75, 3.05) is 12.6 Å². The molecule has 15 heavy (non-hydrogen) atoms. The van der Waals surface area contributed by atoms with Crippen LogP contribution in [0.2, 0.25) is 0 Å². The Bertz CT molecular complexity index is 353. The fraction of sp³-hybridized carbons (Fsp3) is 0.300. The van der Waals surface area contributed by atoms with Gasteiger partial charge in [-0.15, -0.1) is 0 Å². The number of carbonyl (C=O) groups excluding carboxylic acids is 1. The number of ether oxygens (including phenoxy) is 2. The van der Waals surface area contributed by atoms with E-state index < -0.39 is 0 Å². The number of carbonyl (C=O) groups is 1. The molecule has 0 atom stereocenters. The highest BCUT2D eigenvalue weighted by Gasteiger charge is 2.10. The van der Waals surface area contributed by atoms with Gasteiger partial charge in [-0.1, -0.05) is 12.1 Å². The molecule has 3 nitrogen and oxygen atoms in total. The van der Waals surface area contributed by atoms with E-state index in [4.69, 9.17) is 4.74 Å². The molecule has 1 aromatic carbocycles. The van der Waals surface area contributed by atoms with E-state index in [9.17, 15) is 4.79 Å². The number of benzene rings is 1. The third kappa shape index (κ3) is 3.50. The summed E-state index contributed by atoms with van der Waals surface area (Å²) in [5.41, 5.74) is 1.26. The molecule has 0 spiro atoms. The topological polar surface area (TPSA) is 35.5 Å². The fourth-order valence-electron chi connectivity index (χ4n) is 1.09. The maximum absolute atomic E-state index is 11.1. The number of rotatable bonds is 4. The highest BCUT2D eigenvalue weighted by atomic mass is 79.9. The number of alkyl halides is 1. The second-order valence-electron chi connectivity index (χ2n) is 2.74. The molecule has 0 bridgehead atoms. The first-order chi connectivity index (χ1) is 7.19. The molecule has 0 fully saturated rings. The van der Waals surface area contributed by atoms with Gasteiger partial charge in [0.05, 0.1) is 18.0 Å². The second-order valence-corrected chi connectivity index (χ2v) is 3.99. The third-order valence-corrected chi connectivity index (χ3v) is 2.94. The summed E-state index contributed by atoms with van der Waals surface area (Å²) in [4.78, 5) is 11.1. The summed E-state index contributed by atoms with van der Waals surface area (Å²) in [5, 5.41) is 0. The molecule has 0 saturated carbocycles. The van der Waals surface area contributed by atoms with Crippen molar-refractivity contribution < 1.29 is 14.3 Å². The van der Waals surface area contributed by atoms with Crippen LogP contribution in [0.3, 0.4) is 0 Å². The largest absolute Gasteiger partial charge is 0.481 e. The average molecular weight is 338 g/mol. The van der Waals surface area contributed by atoms with Crippen molar-refractivity contribution >= 4 is 37.8 Å². The van der Waals surface area contributed by atoms with Crippen LogP contribution in [0.25, 0.3) is 0 Å². The van der Waals surface area contributed by atoms with Gasteiger partial charge in [-0.05, 0) is 43.5 Å². The lowest BCUT2D eigenvalue weighted by atomic mass is 10.1. The van der Waals surface area contributed by atoms with Gasteiger partial charge >= 0.3 is 5.97 Å². The van der Waals surface area contributed by atoms with Crippen LogP contribution in [0.15, 0.2) is 22.7 Å². The molecule has 82 valence electrons. The van der Waals surface area contributed by atoms with Crippen LogP contribution in [-0.4, -0.2) is 18.6 Å². The summed E-state index contributed by atoms with van der Waals surface area (Å²) in [7, 11) is 1.37. The molecule has 1 rings (SSSR count). The third-order valence-electron chi connectivity index (χ3n) is 1.82. The summed E-state index contributed by atoms with van der Waals surface area (Å²) < 4.78 is 10.7. The van der Waals surface area contributed by atoms with Crippen LogP contribution < -0.4 is 4.74 Å². The van der Waals surface area contributed by atoms with Crippen LogP contribution in [-0.2, 0) is 16.0 Å².